The van der Waals surface area contributed by atoms with Crippen LogP contribution in [0, 0.1) is 34.6 Å². The van der Waals surface area contributed by atoms with Gasteiger partial charge >= 0.3 is 0 Å². The van der Waals surface area contributed by atoms with Crippen LogP contribution in [-0.4, -0.2) is 38.5 Å². The Bertz CT molecular complexity index is 1010. The molecule has 0 spiro atoms. The highest BCUT2D eigenvalue weighted by Crippen LogP contribution is 2.15. The molecule has 0 radical (unpaired) electrons. The van der Waals surface area contributed by atoms with Crippen LogP contribution in [0.25, 0.3) is 5.82 Å². The van der Waals surface area contributed by atoms with Crippen LogP contribution >= 0.6 is 0 Å². The molecule has 0 aliphatic carbocycles. The summed E-state index contributed by atoms with van der Waals surface area (Å²) in [5.41, 5.74) is 4.85. The molecule has 2 aromatic heterocycles. The smallest absolute Gasteiger partial charge is 0.251 e. The van der Waals surface area contributed by atoms with Gasteiger partial charge in [0.2, 0.25) is 0 Å². The van der Waals surface area contributed by atoms with E-state index in [0.717, 1.165) is 28.3 Å². The molecule has 7 heteroatoms. The molecule has 0 aliphatic heterocycles. The molecular formula is C21H26N6O. The van der Waals surface area contributed by atoms with Crippen LogP contribution in [0.15, 0.2) is 30.6 Å². The summed E-state index contributed by atoms with van der Waals surface area (Å²) >= 11 is 0. The summed E-state index contributed by atoms with van der Waals surface area (Å²) in [6.07, 6.45) is 1.76. The molecule has 0 atom stereocenters. The number of nitrogens with zero attached hydrogens (tertiary/aromatic N) is 4. The number of rotatable bonds is 6. The van der Waals surface area contributed by atoms with Gasteiger partial charge in [0, 0.05) is 30.4 Å². The second kappa shape index (κ2) is 8.21. The number of aromatic nitrogens is 4. The second-order valence-corrected chi connectivity index (χ2v) is 6.95. The predicted molar refractivity (Wildman–Crippen MR) is 110 cm³/mol. The molecule has 3 rings (SSSR count). The van der Waals surface area contributed by atoms with E-state index in [0.29, 0.717) is 30.3 Å². The molecule has 3 aromatic rings. The summed E-state index contributed by atoms with van der Waals surface area (Å²) in [6, 6.07) is 7.71. The van der Waals surface area contributed by atoms with Gasteiger partial charge in [-0.3, -0.25) is 9.36 Å². The first-order chi connectivity index (χ1) is 13.3. The predicted octanol–water partition coefficient (Wildman–Crippen LogP) is 3.05. The zero-order valence-electron chi connectivity index (χ0n) is 17.0. The number of carbonyl (C=O) groups is 1. The summed E-state index contributed by atoms with van der Waals surface area (Å²) in [5, 5.41) is 6.20. The van der Waals surface area contributed by atoms with Crippen molar-refractivity contribution >= 4 is 11.7 Å². The summed E-state index contributed by atoms with van der Waals surface area (Å²) in [5.74, 6) is 2.09. The fourth-order valence-electron chi connectivity index (χ4n) is 3.03. The molecule has 0 bridgehead atoms. The zero-order valence-corrected chi connectivity index (χ0v) is 17.0. The van der Waals surface area contributed by atoms with Crippen molar-refractivity contribution in [3.63, 3.8) is 0 Å². The van der Waals surface area contributed by atoms with Crippen LogP contribution in [0.2, 0.25) is 0 Å². The minimum Gasteiger partial charge on any atom is -0.368 e. The fourth-order valence-corrected chi connectivity index (χ4v) is 3.03. The molecule has 7 nitrogen and oxygen atoms in total. The summed E-state index contributed by atoms with van der Waals surface area (Å²) in [6.45, 7) is 10.9. The number of anilines is 1. The normalized spacial score (nSPS) is 10.8. The molecule has 0 unspecified atom stereocenters. The molecule has 2 heterocycles. The molecule has 0 saturated heterocycles. The lowest BCUT2D eigenvalue weighted by molar-refractivity contribution is 0.0954. The van der Waals surface area contributed by atoms with Crippen LogP contribution < -0.4 is 10.6 Å². The minimum absolute atomic E-state index is 0.0663. The SMILES string of the molecule is Cc1ccc(C(=O)NCCNc2cc(-n3cnc(C)c3C)nc(C)n2)c(C)c1. The van der Waals surface area contributed by atoms with Gasteiger partial charge in [0.1, 0.15) is 23.8 Å². The molecular weight excluding hydrogens is 352 g/mol. The van der Waals surface area contributed by atoms with Crippen LogP contribution in [-0.2, 0) is 0 Å². The fraction of sp³-hybridized carbons (Fsp3) is 0.333. The number of amides is 1. The highest BCUT2D eigenvalue weighted by molar-refractivity contribution is 5.95. The first-order valence-electron chi connectivity index (χ1n) is 9.31. The van der Waals surface area contributed by atoms with E-state index in [1.165, 1.54) is 0 Å². The van der Waals surface area contributed by atoms with E-state index in [1.54, 1.807) is 6.33 Å². The van der Waals surface area contributed by atoms with E-state index >= 15 is 0 Å². The molecule has 0 fully saturated rings. The van der Waals surface area contributed by atoms with Crippen LogP contribution in [0.3, 0.4) is 0 Å². The van der Waals surface area contributed by atoms with Crippen molar-refractivity contribution in [2.45, 2.75) is 34.6 Å². The molecule has 28 heavy (non-hydrogen) atoms. The number of nitrogens with one attached hydrogen (secondary N) is 2. The van der Waals surface area contributed by atoms with Crippen LogP contribution in [0.1, 0.15) is 38.7 Å². The lowest BCUT2D eigenvalue weighted by Gasteiger charge is -2.11. The molecule has 0 aliphatic rings. The maximum absolute atomic E-state index is 12.3. The Kier molecular flexibility index (Phi) is 5.73. The van der Waals surface area contributed by atoms with Crippen molar-refractivity contribution in [2.75, 3.05) is 18.4 Å². The quantitative estimate of drug-likeness (QED) is 0.644. The van der Waals surface area contributed by atoms with Crippen molar-refractivity contribution in [2.24, 2.45) is 0 Å². The van der Waals surface area contributed by atoms with E-state index in [9.17, 15) is 4.79 Å². The molecule has 2 N–H and O–H groups in total. The lowest BCUT2D eigenvalue weighted by atomic mass is 10.1. The van der Waals surface area contributed by atoms with Gasteiger partial charge in [0.05, 0.1) is 5.69 Å². The van der Waals surface area contributed by atoms with Crippen molar-refractivity contribution in [1.82, 2.24) is 24.8 Å². The number of imidazole rings is 1. The Labute approximate surface area is 165 Å². The topological polar surface area (TPSA) is 84.7 Å². The first-order valence-corrected chi connectivity index (χ1v) is 9.31. The number of hydrogen-bond acceptors (Lipinski definition) is 5. The molecule has 0 saturated carbocycles. The third kappa shape index (κ3) is 4.36. The van der Waals surface area contributed by atoms with Gasteiger partial charge in [-0.25, -0.2) is 15.0 Å². The Hall–Kier alpha value is -3.22. The van der Waals surface area contributed by atoms with Crippen molar-refractivity contribution in [3.05, 3.63) is 64.5 Å². The van der Waals surface area contributed by atoms with E-state index in [-0.39, 0.29) is 5.91 Å². The maximum Gasteiger partial charge on any atom is 0.251 e. The van der Waals surface area contributed by atoms with Gasteiger partial charge in [-0.2, -0.15) is 0 Å². The van der Waals surface area contributed by atoms with Crippen molar-refractivity contribution < 1.29 is 4.79 Å². The highest BCUT2D eigenvalue weighted by Gasteiger charge is 2.10. The Morgan fingerprint density at radius 2 is 1.82 bits per heavy atom. The first kappa shape index (κ1) is 19.5. The van der Waals surface area contributed by atoms with E-state index in [1.807, 2.05) is 63.5 Å². The minimum atomic E-state index is -0.0663. The number of aryl methyl sites for hydroxylation is 4. The molecule has 1 amide bonds. The standard InChI is InChI=1S/C21H26N6O/c1-13-6-7-18(14(2)10-13)21(28)23-9-8-22-19-11-20(26-17(5)25-19)27-12-24-15(3)16(27)4/h6-7,10-12H,8-9H2,1-5H3,(H,23,28)(H,22,25,26). The monoisotopic (exact) mass is 378 g/mol. The Balaban J connectivity index is 1.60. The third-order valence-electron chi connectivity index (χ3n) is 4.67. The zero-order chi connectivity index (χ0) is 20.3. The van der Waals surface area contributed by atoms with Crippen molar-refractivity contribution in [1.29, 1.82) is 0 Å². The molecule has 146 valence electrons. The van der Waals surface area contributed by atoms with Gasteiger partial charge in [-0.05, 0) is 46.2 Å². The number of benzene rings is 1. The number of carbonyl (C=O) groups excluding carboxylic acids is 1. The largest absolute Gasteiger partial charge is 0.368 e. The maximum atomic E-state index is 12.3. The van der Waals surface area contributed by atoms with Gasteiger partial charge in [-0.1, -0.05) is 17.7 Å². The van der Waals surface area contributed by atoms with Crippen LogP contribution in [0.5, 0.6) is 0 Å². The lowest BCUT2D eigenvalue weighted by Crippen LogP contribution is -2.29. The Morgan fingerprint density at radius 1 is 1.04 bits per heavy atom. The van der Waals surface area contributed by atoms with Gasteiger partial charge in [0.15, 0.2) is 0 Å². The summed E-state index contributed by atoms with van der Waals surface area (Å²) in [7, 11) is 0. The van der Waals surface area contributed by atoms with E-state index in [2.05, 4.69) is 25.6 Å². The summed E-state index contributed by atoms with van der Waals surface area (Å²) < 4.78 is 1.94. The molecule has 1 aromatic carbocycles. The second-order valence-electron chi connectivity index (χ2n) is 6.95. The Morgan fingerprint density at radius 3 is 2.50 bits per heavy atom. The van der Waals surface area contributed by atoms with Gasteiger partial charge in [-0.15, -0.1) is 0 Å². The van der Waals surface area contributed by atoms with Crippen LogP contribution in [0.4, 0.5) is 5.82 Å². The van der Waals surface area contributed by atoms with Gasteiger partial charge in [0.25, 0.3) is 5.91 Å². The van der Waals surface area contributed by atoms with E-state index in [4.69, 9.17) is 0 Å². The van der Waals surface area contributed by atoms with Crippen molar-refractivity contribution in [3.8, 4) is 5.82 Å². The number of hydrogen-bond donors (Lipinski definition) is 2. The summed E-state index contributed by atoms with van der Waals surface area (Å²) in [4.78, 5) is 25.6. The van der Waals surface area contributed by atoms with E-state index < -0.39 is 0 Å². The van der Waals surface area contributed by atoms with Gasteiger partial charge < -0.3 is 10.6 Å². The third-order valence-corrected chi connectivity index (χ3v) is 4.67. The average molecular weight is 378 g/mol. The highest BCUT2D eigenvalue weighted by atomic mass is 16.1. The average Bonchev–Trinajstić information content (AvgIpc) is 2.97.